The molecular weight excluding hydrogens is 395 g/mol. The molecule has 0 spiro atoms. The van der Waals surface area contributed by atoms with Crippen molar-refractivity contribution in [2.45, 2.75) is 19.0 Å². The summed E-state index contributed by atoms with van der Waals surface area (Å²) < 4.78 is 44.0. The lowest BCUT2D eigenvalue weighted by Gasteiger charge is -2.19. The SMILES string of the molecule is COc1cc(N2CCCC2)ccc1/C=C(/C#N)C(=O)Nc1cccc(C(F)(F)F)c1. The van der Waals surface area contributed by atoms with E-state index in [1.54, 1.807) is 12.1 Å². The maximum atomic E-state index is 12.9. The fraction of sp³-hybridized carbons (Fsp3) is 0.273. The van der Waals surface area contributed by atoms with Gasteiger partial charge in [0.1, 0.15) is 17.4 Å². The van der Waals surface area contributed by atoms with Crippen LogP contribution in [0, 0.1) is 11.3 Å². The number of rotatable bonds is 5. The highest BCUT2D eigenvalue weighted by Gasteiger charge is 2.30. The van der Waals surface area contributed by atoms with Gasteiger partial charge in [0.2, 0.25) is 0 Å². The van der Waals surface area contributed by atoms with Crippen LogP contribution in [0.5, 0.6) is 5.75 Å². The van der Waals surface area contributed by atoms with Crippen LogP contribution in [0.1, 0.15) is 24.0 Å². The van der Waals surface area contributed by atoms with Crippen LogP contribution in [0.3, 0.4) is 0 Å². The van der Waals surface area contributed by atoms with Crippen LogP contribution in [-0.2, 0) is 11.0 Å². The maximum Gasteiger partial charge on any atom is 0.416 e. The number of benzene rings is 2. The molecule has 3 rings (SSSR count). The lowest BCUT2D eigenvalue weighted by atomic mass is 10.1. The van der Waals surface area contributed by atoms with Gasteiger partial charge in [0.05, 0.1) is 12.7 Å². The lowest BCUT2D eigenvalue weighted by Crippen LogP contribution is -2.17. The van der Waals surface area contributed by atoms with Crippen molar-refractivity contribution in [3.05, 3.63) is 59.2 Å². The van der Waals surface area contributed by atoms with E-state index < -0.39 is 17.6 Å². The lowest BCUT2D eigenvalue weighted by molar-refractivity contribution is -0.137. The third-order valence-electron chi connectivity index (χ3n) is 4.80. The summed E-state index contributed by atoms with van der Waals surface area (Å²) in [4.78, 5) is 14.7. The van der Waals surface area contributed by atoms with E-state index in [1.165, 1.54) is 25.3 Å². The Hall–Kier alpha value is -3.47. The third kappa shape index (κ3) is 4.92. The van der Waals surface area contributed by atoms with E-state index in [9.17, 15) is 23.2 Å². The molecule has 0 atom stereocenters. The molecule has 1 heterocycles. The van der Waals surface area contributed by atoms with Crippen molar-refractivity contribution in [1.29, 1.82) is 5.26 Å². The molecule has 2 aromatic rings. The second-order valence-electron chi connectivity index (χ2n) is 6.82. The van der Waals surface area contributed by atoms with Gasteiger partial charge in [0, 0.05) is 36.1 Å². The van der Waals surface area contributed by atoms with Gasteiger partial charge in [-0.3, -0.25) is 4.79 Å². The van der Waals surface area contributed by atoms with Crippen molar-refractivity contribution in [3.63, 3.8) is 0 Å². The Kier molecular flexibility index (Phi) is 6.31. The third-order valence-corrected chi connectivity index (χ3v) is 4.80. The number of carbonyl (C=O) groups excluding carboxylic acids is 1. The average molecular weight is 415 g/mol. The first-order chi connectivity index (χ1) is 14.3. The van der Waals surface area contributed by atoms with E-state index in [0.29, 0.717) is 11.3 Å². The molecule has 30 heavy (non-hydrogen) atoms. The zero-order chi connectivity index (χ0) is 21.7. The number of nitrogens with zero attached hydrogens (tertiary/aromatic N) is 2. The summed E-state index contributed by atoms with van der Waals surface area (Å²) in [6, 6.07) is 11.5. The van der Waals surface area contributed by atoms with Gasteiger partial charge >= 0.3 is 6.18 Å². The maximum absolute atomic E-state index is 12.9. The second-order valence-corrected chi connectivity index (χ2v) is 6.82. The Morgan fingerprint density at radius 3 is 2.57 bits per heavy atom. The summed E-state index contributed by atoms with van der Waals surface area (Å²) >= 11 is 0. The first-order valence-electron chi connectivity index (χ1n) is 9.35. The first-order valence-corrected chi connectivity index (χ1v) is 9.35. The minimum absolute atomic E-state index is 0.0488. The number of amides is 1. The van der Waals surface area contributed by atoms with Crippen molar-refractivity contribution in [2.24, 2.45) is 0 Å². The molecule has 1 aliphatic rings. The molecule has 8 heteroatoms. The summed E-state index contributed by atoms with van der Waals surface area (Å²) in [5.41, 5.74) is 0.332. The van der Waals surface area contributed by atoms with Gasteiger partial charge in [0.15, 0.2) is 0 Å². The summed E-state index contributed by atoms with van der Waals surface area (Å²) in [6.07, 6.45) is -0.925. The minimum atomic E-state index is -4.53. The first kappa shape index (κ1) is 21.2. The van der Waals surface area contributed by atoms with Crippen LogP contribution in [0.4, 0.5) is 24.5 Å². The molecular formula is C22H20F3N3O2. The fourth-order valence-corrected chi connectivity index (χ4v) is 3.27. The molecule has 0 radical (unpaired) electrons. The Bertz CT molecular complexity index is 1000. The van der Waals surface area contributed by atoms with Crippen molar-refractivity contribution in [1.82, 2.24) is 0 Å². The van der Waals surface area contributed by atoms with Crippen molar-refractivity contribution < 1.29 is 22.7 Å². The molecule has 0 aromatic heterocycles. The molecule has 0 saturated carbocycles. The van der Waals surface area contributed by atoms with E-state index in [2.05, 4.69) is 10.2 Å². The molecule has 0 unspecified atom stereocenters. The van der Waals surface area contributed by atoms with Crippen LogP contribution >= 0.6 is 0 Å². The molecule has 0 aliphatic carbocycles. The highest BCUT2D eigenvalue weighted by Crippen LogP contribution is 2.31. The zero-order valence-corrected chi connectivity index (χ0v) is 16.3. The van der Waals surface area contributed by atoms with E-state index in [1.807, 2.05) is 12.1 Å². The van der Waals surface area contributed by atoms with Gasteiger partial charge in [0.25, 0.3) is 5.91 Å². The van der Waals surface area contributed by atoms with Gasteiger partial charge < -0.3 is 15.0 Å². The number of anilines is 2. The number of ether oxygens (including phenoxy) is 1. The number of methoxy groups -OCH3 is 1. The molecule has 0 bridgehead atoms. The minimum Gasteiger partial charge on any atom is -0.496 e. The van der Waals surface area contributed by atoms with Crippen molar-refractivity contribution in [3.8, 4) is 11.8 Å². The Labute approximate surface area is 172 Å². The highest BCUT2D eigenvalue weighted by atomic mass is 19.4. The van der Waals surface area contributed by atoms with E-state index in [4.69, 9.17) is 4.74 Å². The quantitative estimate of drug-likeness (QED) is 0.560. The van der Waals surface area contributed by atoms with Crippen LogP contribution in [0.25, 0.3) is 6.08 Å². The number of carbonyl (C=O) groups is 1. The van der Waals surface area contributed by atoms with Gasteiger partial charge in [-0.15, -0.1) is 0 Å². The number of halogens is 3. The van der Waals surface area contributed by atoms with Crippen molar-refractivity contribution >= 4 is 23.4 Å². The van der Waals surface area contributed by atoms with Crippen LogP contribution in [0.2, 0.25) is 0 Å². The number of nitriles is 1. The molecule has 1 N–H and O–H groups in total. The second kappa shape index (κ2) is 8.91. The Balaban J connectivity index is 1.83. The van der Waals surface area contributed by atoms with Crippen LogP contribution < -0.4 is 15.0 Å². The van der Waals surface area contributed by atoms with E-state index in [0.717, 1.165) is 43.8 Å². The normalized spacial score (nSPS) is 14.4. The van der Waals surface area contributed by atoms with Gasteiger partial charge in [-0.1, -0.05) is 6.07 Å². The summed E-state index contributed by atoms with van der Waals surface area (Å²) in [5, 5.41) is 11.7. The Morgan fingerprint density at radius 1 is 1.20 bits per heavy atom. The van der Waals surface area contributed by atoms with E-state index >= 15 is 0 Å². The summed E-state index contributed by atoms with van der Waals surface area (Å²) in [7, 11) is 1.50. The topological polar surface area (TPSA) is 65.4 Å². The fourth-order valence-electron chi connectivity index (χ4n) is 3.27. The standard InChI is InChI=1S/C22H20F3N3O2/c1-30-20-13-19(28-9-2-3-10-28)8-7-15(20)11-16(14-26)21(29)27-18-6-4-5-17(12-18)22(23,24)25/h4-8,11-13H,2-3,9-10H2,1H3,(H,27,29)/b16-11-. The van der Waals surface area contributed by atoms with Crippen LogP contribution in [-0.4, -0.2) is 26.1 Å². The largest absolute Gasteiger partial charge is 0.496 e. The number of nitrogens with one attached hydrogen (secondary N) is 1. The van der Waals surface area contributed by atoms with Crippen molar-refractivity contribution in [2.75, 3.05) is 30.4 Å². The predicted molar refractivity (Wildman–Crippen MR) is 108 cm³/mol. The molecule has 1 amide bonds. The summed E-state index contributed by atoms with van der Waals surface area (Å²) in [5.74, 6) is -0.304. The monoisotopic (exact) mass is 415 g/mol. The zero-order valence-electron chi connectivity index (χ0n) is 16.3. The Morgan fingerprint density at radius 2 is 1.93 bits per heavy atom. The summed E-state index contributed by atoms with van der Waals surface area (Å²) in [6.45, 7) is 1.92. The smallest absolute Gasteiger partial charge is 0.416 e. The van der Waals surface area contributed by atoms with Gasteiger partial charge in [-0.25, -0.2) is 0 Å². The predicted octanol–water partition coefficient (Wildman–Crippen LogP) is 4.86. The number of hydrogen-bond donors (Lipinski definition) is 1. The van der Waals surface area contributed by atoms with Gasteiger partial charge in [-0.2, -0.15) is 18.4 Å². The molecule has 1 fully saturated rings. The molecule has 1 aliphatic heterocycles. The molecule has 2 aromatic carbocycles. The average Bonchev–Trinajstić information content (AvgIpc) is 3.26. The van der Waals surface area contributed by atoms with Crippen LogP contribution in [0.15, 0.2) is 48.0 Å². The van der Waals surface area contributed by atoms with E-state index in [-0.39, 0.29) is 11.3 Å². The van der Waals surface area contributed by atoms with Gasteiger partial charge in [-0.05, 0) is 49.2 Å². The number of alkyl halides is 3. The molecule has 5 nitrogen and oxygen atoms in total. The molecule has 156 valence electrons. The highest BCUT2D eigenvalue weighted by molar-refractivity contribution is 6.09. The molecule has 1 saturated heterocycles. The number of hydrogen-bond acceptors (Lipinski definition) is 4.